The Kier molecular flexibility index (Phi) is 7.22. The lowest BCUT2D eigenvalue weighted by molar-refractivity contribution is -0.122. The predicted molar refractivity (Wildman–Crippen MR) is 119 cm³/mol. The molecule has 0 bridgehead atoms. The van der Waals surface area contributed by atoms with Gasteiger partial charge in [-0.1, -0.05) is 61.5 Å². The normalized spacial score (nSPS) is 12.5. The van der Waals surface area contributed by atoms with Crippen LogP contribution in [0.2, 0.25) is 0 Å². The zero-order valence-electron chi connectivity index (χ0n) is 17.2. The molecular formula is C25H26N2O3. The van der Waals surface area contributed by atoms with Gasteiger partial charge in [0.15, 0.2) is 6.10 Å². The van der Waals surface area contributed by atoms with Gasteiger partial charge in [-0.2, -0.15) is 0 Å². The molecule has 2 amide bonds. The summed E-state index contributed by atoms with van der Waals surface area (Å²) >= 11 is 0. The van der Waals surface area contributed by atoms with Crippen LogP contribution in [0.4, 0.5) is 5.69 Å². The topological polar surface area (TPSA) is 67.4 Å². The minimum Gasteiger partial charge on any atom is -0.481 e. The summed E-state index contributed by atoms with van der Waals surface area (Å²) < 4.78 is 5.79. The van der Waals surface area contributed by atoms with Gasteiger partial charge < -0.3 is 15.4 Å². The van der Waals surface area contributed by atoms with Crippen LogP contribution in [-0.2, 0) is 4.79 Å². The molecule has 0 saturated carbocycles. The summed E-state index contributed by atoms with van der Waals surface area (Å²) in [6.45, 7) is 3.83. The average Bonchev–Trinajstić information content (AvgIpc) is 2.78. The van der Waals surface area contributed by atoms with E-state index in [-0.39, 0.29) is 17.9 Å². The molecule has 0 fully saturated rings. The first-order chi connectivity index (χ1) is 14.6. The third-order valence-corrected chi connectivity index (χ3v) is 4.72. The van der Waals surface area contributed by atoms with Gasteiger partial charge in [-0.3, -0.25) is 9.59 Å². The summed E-state index contributed by atoms with van der Waals surface area (Å²) in [6.07, 6.45) is -0.0989. The highest BCUT2D eigenvalue weighted by Crippen LogP contribution is 2.17. The molecule has 2 N–H and O–H groups in total. The van der Waals surface area contributed by atoms with Crippen molar-refractivity contribution in [3.63, 3.8) is 0 Å². The molecule has 0 spiro atoms. The summed E-state index contributed by atoms with van der Waals surface area (Å²) in [5.41, 5.74) is 2.06. The lowest BCUT2D eigenvalue weighted by atomic mass is 10.1. The lowest BCUT2D eigenvalue weighted by Gasteiger charge is -2.18. The van der Waals surface area contributed by atoms with E-state index in [0.29, 0.717) is 23.4 Å². The highest BCUT2D eigenvalue weighted by atomic mass is 16.5. The van der Waals surface area contributed by atoms with E-state index in [1.807, 2.05) is 74.5 Å². The monoisotopic (exact) mass is 402 g/mol. The summed E-state index contributed by atoms with van der Waals surface area (Å²) in [4.78, 5) is 25.3. The van der Waals surface area contributed by atoms with Crippen LogP contribution in [0.3, 0.4) is 0 Å². The quantitative estimate of drug-likeness (QED) is 0.559. The molecule has 3 rings (SSSR count). The number of hydrogen-bond acceptors (Lipinski definition) is 3. The number of amides is 2. The van der Waals surface area contributed by atoms with E-state index in [1.165, 1.54) is 0 Å². The SMILES string of the molecule is CCC(Oc1ccccc1)C(=O)Nc1cccc(C(=O)NC(C)c2ccccc2)c1. The molecule has 0 aliphatic heterocycles. The minimum absolute atomic E-state index is 0.124. The molecular weight excluding hydrogens is 376 g/mol. The van der Waals surface area contributed by atoms with E-state index in [1.54, 1.807) is 24.3 Å². The highest BCUT2D eigenvalue weighted by molar-refractivity contribution is 5.98. The van der Waals surface area contributed by atoms with Crippen LogP contribution < -0.4 is 15.4 Å². The van der Waals surface area contributed by atoms with E-state index < -0.39 is 6.10 Å². The van der Waals surface area contributed by atoms with Gasteiger partial charge in [-0.05, 0) is 49.2 Å². The van der Waals surface area contributed by atoms with Gasteiger partial charge in [0.25, 0.3) is 11.8 Å². The Bertz CT molecular complexity index is 974. The van der Waals surface area contributed by atoms with Gasteiger partial charge in [0.2, 0.25) is 0 Å². The second-order valence-corrected chi connectivity index (χ2v) is 7.00. The van der Waals surface area contributed by atoms with Gasteiger partial charge in [0.05, 0.1) is 6.04 Å². The molecule has 154 valence electrons. The van der Waals surface area contributed by atoms with Crippen LogP contribution in [0.25, 0.3) is 0 Å². The Morgan fingerprint density at radius 3 is 2.23 bits per heavy atom. The second kappa shape index (κ2) is 10.3. The molecule has 0 saturated heterocycles. The van der Waals surface area contributed by atoms with E-state index in [0.717, 1.165) is 5.56 Å². The average molecular weight is 402 g/mol. The highest BCUT2D eigenvalue weighted by Gasteiger charge is 2.19. The number of para-hydroxylation sites is 1. The Morgan fingerprint density at radius 2 is 1.57 bits per heavy atom. The van der Waals surface area contributed by atoms with Crippen LogP contribution in [0.15, 0.2) is 84.9 Å². The minimum atomic E-state index is -0.622. The maximum atomic E-state index is 12.7. The van der Waals surface area contributed by atoms with Crippen molar-refractivity contribution in [2.24, 2.45) is 0 Å². The molecule has 0 aliphatic rings. The molecule has 5 heteroatoms. The number of anilines is 1. The molecule has 0 aliphatic carbocycles. The second-order valence-electron chi connectivity index (χ2n) is 7.00. The Balaban J connectivity index is 1.64. The zero-order valence-corrected chi connectivity index (χ0v) is 17.2. The van der Waals surface area contributed by atoms with Crippen LogP contribution in [0.5, 0.6) is 5.75 Å². The first-order valence-corrected chi connectivity index (χ1v) is 10.0. The van der Waals surface area contributed by atoms with Gasteiger partial charge in [0.1, 0.15) is 5.75 Å². The molecule has 0 heterocycles. The maximum absolute atomic E-state index is 12.7. The zero-order chi connectivity index (χ0) is 21.3. The van der Waals surface area contributed by atoms with Gasteiger partial charge >= 0.3 is 0 Å². The number of carbonyl (C=O) groups excluding carboxylic acids is 2. The molecule has 3 aromatic carbocycles. The number of nitrogens with one attached hydrogen (secondary N) is 2. The van der Waals surface area contributed by atoms with Crippen molar-refractivity contribution in [3.8, 4) is 5.75 Å². The van der Waals surface area contributed by atoms with E-state index in [2.05, 4.69) is 10.6 Å². The summed E-state index contributed by atoms with van der Waals surface area (Å²) in [6, 6.07) is 25.8. The number of hydrogen-bond donors (Lipinski definition) is 2. The van der Waals surface area contributed by atoms with Crippen LogP contribution >= 0.6 is 0 Å². The molecule has 0 radical (unpaired) electrons. The van der Waals surface area contributed by atoms with Crippen molar-refractivity contribution in [1.82, 2.24) is 5.32 Å². The molecule has 0 aromatic heterocycles. The Morgan fingerprint density at radius 1 is 0.900 bits per heavy atom. The van der Waals surface area contributed by atoms with Crippen molar-refractivity contribution in [2.45, 2.75) is 32.4 Å². The van der Waals surface area contributed by atoms with E-state index in [4.69, 9.17) is 4.74 Å². The summed E-state index contributed by atoms with van der Waals surface area (Å²) in [7, 11) is 0. The maximum Gasteiger partial charge on any atom is 0.265 e. The van der Waals surface area contributed by atoms with E-state index in [9.17, 15) is 9.59 Å². The smallest absolute Gasteiger partial charge is 0.265 e. The number of ether oxygens (including phenoxy) is 1. The van der Waals surface area contributed by atoms with Crippen LogP contribution in [-0.4, -0.2) is 17.9 Å². The Hall–Kier alpha value is -3.60. The van der Waals surface area contributed by atoms with Crippen molar-refractivity contribution in [2.75, 3.05) is 5.32 Å². The first kappa shape index (κ1) is 21.1. The van der Waals surface area contributed by atoms with Crippen LogP contribution in [0.1, 0.15) is 42.2 Å². The third kappa shape index (κ3) is 5.70. The predicted octanol–water partition coefficient (Wildman–Crippen LogP) is 4.97. The standard InChI is InChI=1S/C25H26N2O3/c1-3-23(30-22-15-8-5-9-16-22)25(29)27-21-14-10-13-20(17-21)24(28)26-18(2)19-11-6-4-7-12-19/h4-18,23H,3H2,1-2H3,(H,26,28)(H,27,29). The van der Waals surface area contributed by atoms with Gasteiger partial charge in [0, 0.05) is 11.3 Å². The number of benzene rings is 3. The van der Waals surface area contributed by atoms with Crippen molar-refractivity contribution < 1.29 is 14.3 Å². The van der Waals surface area contributed by atoms with Crippen molar-refractivity contribution >= 4 is 17.5 Å². The summed E-state index contributed by atoms with van der Waals surface area (Å²) in [5.74, 6) is 0.189. The summed E-state index contributed by atoms with van der Waals surface area (Å²) in [5, 5.41) is 5.83. The fourth-order valence-electron chi connectivity index (χ4n) is 3.05. The number of carbonyl (C=O) groups is 2. The van der Waals surface area contributed by atoms with E-state index >= 15 is 0 Å². The molecule has 30 heavy (non-hydrogen) atoms. The third-order valence-electron chi connectivity index (χ3n) is 4.72. The van der Waals surface area contributed by atoms with Crippen molar-refractivity contribution in [3.05, 3.63) is 96.1 Å². The molecule has 2 atom stereocenters. The first-order valence-electron chi connectivity index (χ1n) is 10.0. The Labute approximate surface area is 177 Å². The largest absolute Gasteiger partial charge is 0.481 e. The fraction of sp³-hybridized carbons (Fsp3) is 0.200. The molecule has 5 nitrogen and oxygen atoms in total. The van der Waals surface area contributed by atoms with Crippen LogP contribution in [0, 0.1) is 0 Å². The van der Waals surface area contributed by atoms with Crippen molar-refractivity contribution in [1.29, 1.82) is 0 Å². The lowest BCUT2D eigenvalue weighted by Crippen LogP contribution is -2.32. The van der Waals surface area contributed by atoms with Gasteiger partial charge in [-0.15, -0.1) is 0 Å². The molecule has 3 aromatic rings. The fourth-order valence-corrected chi connectivity index (χ4v) is 3.05. The molecule has 2 unspecified atom stereocenters. The number of rotatable bonds is 8. The van der Waals surface area contributed by atoms with Gasteiger partial charge in [-0.25, -0.2) is 0 Å².